The van der Waals surface area contributed by atoms with Crippen LogP contribution in [0.4, 0.5) is 5.13 Å². The summed E-state index contributed by atoms with van der Waals surface area (Å²) in [5, 5.41) is 14.6. The van der Waals surface area contributed by atoms with Crippen LogP contribution in [0.25, 0.3) is 0 Å². The molecule has 0 saturated heterocycles. The number of nitrogens with one attached hydrogen (secondary N) is 1. The minimum atomic E-state index is -0.300. The number of carbonyl (C=O) groups is 1. The van der Waals surface area contributed by atoms with Crippen LogP contribution in [-0.2, 0) is 4.79 Å². The number of amides is 1. The number of hydrogen-bond donors (Lipinski definition) is 1. The molecule has 1 aromatic carbocycles. The normalized spacial score (nSPS) is 13.4. The van der Waals surface area contributed by atoms with Crippen LogP contribution in [0.1, 0.15) is 77.4 Å². The molecule has 2 atom stereocenters. The molecule has 2 aromatic heterocycles. The number of thioether (sulfide) groups is 1. The predicted molar refractivity (Wildman–Crippen MR) is 131 cm³/mol. The third kappa shape index (κ3) is 5.69. The Labute approximate surface area is 198 Å². The van der Waals surface area contributed by atoms with Gasteiger partial charge in [-0.3, -0.25) is 4.79 Å². The maximum absolute atomic E-state index is 12.8. The molecule has 0 aliphatic heterocycles. The van der Waals surface area contributed by atoms with Crippen LogP contribution >= 0.6 is 23.1 Å². The standard InChI is InChI=1S/C23H31N5O2S2/c1-7-19(21(29)25-22-24-12-13-31-22)32-23-27-26-20(28(23)15(4)5)16(6)30-18-11-9-8-10-17(18)14(2)3/h8-16,19H,7H2,1-6H3,(H,24,25,29). The molecule has 1 amide bonds. The van der Waals surface area contributed by atoms with E-state index in [-0.39, 0.29) is 23.3 Å². The number of para-hydroxylation sites is 1. The third-order valence-electron chi connectivity index (χ3n) is 4.99. The molecule has 0 radical (unpaired) electrons. The van der Waals surface area contributed by atoms with E-state index in [1.54, 1.807) is 6.20 Å². The molecule has 9 heteroatoms. The summed E-state index contributed by atoms with van der Waals surface area (Å²) in [6.45, 7) is 12.5. The van der Waals surface area contributed by atoms with Crippen LogP contribution < -0.4 is 10.1 Å². The van der Waals surface area contributed by atoms with Gasteiger partial charge >= 0.3 is 0 Å². The second-order valence-corrected chi connectivity index (χ2v) is 10.2. The van der Waals surface area contributed by atoms with Gasteiger partial charge in [0.15, 0.2) is 22.2 Å². The number of carbonyl (C=O) groups excluding carboxylic acids is 1. The van der Waals surface area contributed by atoms with E-state index in [0.717, 1.165) is 17.1 Å². The summed E-state index contributed by atoms with van der Waals surface area (Å²) < 4.78 is 8.39. The highest BCUT2D eigenvalue weighted by atomic mass is 32.2. The summed E-state index contributed by atoms with van der Waals surface area (Å²) in [5.74, 6) is 1.88. The Bertz CT molecular complexity index is 1020. The van der Waals surface area contributed by atoms with Crippen molar-refractivity contribution >= 4 is 34.1 Å². The first-order valence-electron chi connectivity index (χ1n) is 10.9. The first-order valence-corrected chi connectivity index (χ1v) is 12.6. The number of rotatable bonds is 10. The summed E-state index contributed by atoms with van der Waals surface area (Å²) in [4.78, 5) is 16.9. The minimum absolute atomic E-state index is 0.0811. The van der Waals surface area contributed by atoms with E-state index in [4.69, 9.17) is 4.74 Å². The lowest BCUT2D eigenvalue weighted by Crippen LogP contribution is -2.25. The van der Waals surface area contributed by atoms with Gasteiger partial charge in [0.05, 0.1) is 5.25 Å². The summed E-state index contributed by atoms with van der Waals surface area (Å²) >= 11 is 2.83. The van der Waals surface area contributed by atoms with Crippen molar-refractivity contribution in [1.82, 2.24) is 19.7 Å². The number of nitrogens with zero attached hydrogens (tertiary/aromatic N) is 4. The van der Waals surface area contributed by atoms with Crippen molar-refractivity contribution in [2.45, 2.75) is 76.4 Å². The number of thiazole rings is 1. The van der Waals surface area contributed by atoms with Crippen LogP contribution in [0.2, 0.25) is 0 Å². The van der Waals surface area contributed by atoms with E-state index < -0.39 is 0 Å². The highest BCUT2D eigenvalue weighted by molar-refractivity contribution is 8.00. The van der Waals surface area contributed by atoms with Crippen molar-refractivity contribution in [3.05, 3.63) is 47.2 Å². The maximum Gasteiger partial charge on any atom is 0.239 e. The van der Waals surface area contributed by atoms with E-state index >= 15 is 0 Å². The van der Waals surface area contributed by atoms with E-state index in [1.165, 1.54) is 23.1 Å². The number of aromatic nitrogens is 4. The number of anilines is 1. The van der Waals surface area contributed by atoms with E-state index in [2.05, 4.69) is 58.8 Å². The highest BCUT2D eigenvalue weighted by Crippen LogP contribution is 2.33. The minimum Gasteiger partial charge on any atom is -0.482 e. The van der Waals surface area contributed by atoms with Gasteiger partial charge < -0.3 is 14.6 Å². The largest absolute Gasteiger partial charge is 0.482 e. The van der Waals surface area contributed by atoms with Gasteiger partial charge in [-0.2, -0.15) is 0 Å². The highest BCUT2D eigenvalue weighted by Gasteiger charge is 2.27. The topological polar surface area (TPSA) is 81.9 Å². The molecule has 0 aliphatic carbocycles. The molecule has 2 heterocycles. The van der Waals surface area contributed by atoms with Crippen LogP contribution in [0.5, 0.6) is 5.75 Å². The first kappa shape index (κ1) is 24.3. The fourth-order valence-corrected chi connectivity index (χ4v) is 4.98. The Morgan fingerprint density at radius 1 is 1.19 bits per heavy atom. The average Bonchev–Trinajstić information content (AvgIpc) is 3.41. The predicted octanol–water partition coefficient (Wildman–Crippen LogP) is 6.09. The summed E-state index contributed by atoms with van der Waals surface area (Å²) in [7, 11) is 0. The zero-order chi connectivity index (χ0) is 23.3. The Hall–Kier alpha value is -2.39. The van der Waals surface area contributed by atoms with Crippen LogP contribution in [-0.4, -0.2) is 30.9 Å². The average molecular weight is 474 g/mol. The molecule has 0 fully saturated rings. The number of hydrogen-bond acceptors (Lipinski definition) is 7. The molecule has 32 heavy (non-hydrogen) atoms. The van der Waals surface area contributed by atoms with Crippen LogP contribution in [0.3, 0.4) is 0 Å². The van der Waals surface area contributed by atoms with Crippen molar-refractivity contribution in [1.29, 1.82) is 0 Å². The van der Waals surface area contributed by atoms with E-state index in [0.29, 0.717) is 22.6 Å². The fraction of sp³-hybridized carbons (Fsp3) is 0.478. The Kier molecular flexibility index (Phi) is 8.31. The van der Waals surface area contributed by atoms with Gasteiger partial charge in [-0.15, -0.1) is 21.5 Å². The van der Waals surface area contributed by atoms with Gasteiger partial charge in [0.1, 0.15) is 5.75 Å². The van der Waals surface area contributed by atoms with Gasteiger partial charge in [0.25, 0.3) is 0 Å². The molecule has 172 valence electrons. The summed E-state index contributed by atoms with van der Waals surface area (Å²) in [6.07, 6.45) is 2.05. The summed E-state index contributed by atoms with van der Waals surface area (Å²) in [5.41, 5.74) is 1.16. The molecule has 0 aliphatic rings. The first-order chi connectivity index (χ1) is 15.3. The van der Waals surface area contributed by atoms with Crippen molar-refractivity contribution in [2.75, 3.05) is 5.32 Å². The zero-order valence-electron chi connectivity index (χ0n) is 19.4. The SMILES string of the molecule is CCC(Sc1nnc(C(C)Oc2ccccc2C(C)C)n1C(C)C)C(=O)Nc1nccs1. The zero-order valence-corrected chi connectivity index (χ0v) is 21.0. The Balaban J connectivity index is 1.81. The fourth-order valence-electron chi connectivity index (χ4n) is 3.36. The van der Waals surface area contributed by atoms with Crippen LogP contribution in [0.15, 0.2) is 41.0 Å². The molecule has 0 spiro atoms. The van der Waals surface area contributed by atoms with Crippen molar-refractivity contribution in [2.24, 2.45) is 0 Å². The lowest BCUT2D eigenvalue weighted by Gasteiger charge is -2.21. The van der Waals surface area contributed by atoms with Crippen LogP contribution in [0, 0.1) is 0 Å². The molecular formula is C23H31N5O2S2. The van der Waals surface area contributed by atoms with Gasteiger partial charge in [0.2, 0.25) is 5.91 Å². The second-order valence-electron chi connectivity index (χ2n) is 8.10. The Morgan fingerprint density at radius 3 is 2.56 bits per heavy atom. The smallest absolute Gasteiger partial charge is 0.239 e. The molecule has 1 N–H and O–H groups in total. The third-order valence-corrected chi connectivity index (χ3v) is 7.00. The molecule has 3 rings (SSSR count). The molecular weight excluding hydrogens is 442 g/mol. The monoisotopic (exact) mass is 473 g/mol. The Morgan fingerprint density at radius 2 is 1.94 bits per heavy atom. The molecule has 3 aromatic rings. The van der Waals surface area contributed by atoms with Crippen molar-refractivity contribution < 1.29 is 9.53 Å². The van der Waals surface area contributed by atoms with E-state index in [9.17, 15) is 4.79 Å². The van der Waals surface area contributed by atoms with Gasteiger partial charge in [-0.25, -0.2) is 4.98 Å². The second kappa shape index (κ2) is 11.0. The molecule has 2 unspecified atom stereocenters. The molecule has 0 saturated carbocycles. The number of ether oxygens (including phenoxy) is 1. The quantitative estimate of drug-likeness (QED) is 0.359. The van der Waals surface area contributed by atoms with Crippen molar-refractivity contribution in [3.63, 3.8) is 0 Å². The summed E-state index contributed by atoms with van der Waals surface area (Å²) in [6, 6.07) is 8.21. The van der Waals surface area contributed by atoms with Gasteiger partial charge in [-0.1, -0.05) is 50.7 Å². The lowest BCUT2D eigenvalue weighted by molar-refractivity contribution is -0.115. The molecule has 0 bridgehead atoms. The van der Waals surface area contributed by atoms with E-state index in [1.807, 2.05) is 37.4 Å². The molecule has 7 nitrogen and oxygen atoms in total. The van der Waals surface area contributed by atoms with Gasteiger partial charge in [-0.05, 0) is 44.7 Å². The lowest BCUT2D eigenvalue weighted by atomic mass is 10.0. The van der Waals surface area contributed by atoms with Crippen molar-refractivity contribution in [3.8, 4) is 5.75 Å². The number of benzene rings is 1. The maximum atomic E-state index is 12.8. The van der Waals surface area contributed by atoms with Gasteiger partial charge in [0, 0.05) is 17.6 Å².